The first kappa shape index (κ1) is 17.0. The van der Waals surface area contributed by atoms with Gasteiger partial charge < -0.3 is 4.74 Å². The topological polar surface area (TPSA) is 26.3 Å². The van der Waals surface area contributed by atoms with Gasteiger partial charge in [0.05, 0.1) is 6.61 Å². The van der Waals surface area contributed by atoms with Crippen molar-refractivity contribution < 1.29 is 27.1 Å². The highest BCUT2D eigenvalue weighted by Gasteiger charge is 2.64. The van der Waals surface area contributed by atoms with Crippen LogP contribution in [-0.2, 0) is 9.53 Å². The normalized spacial score (nSPS) is 20.5. The van der Waals surface area contributed by atoms with Crippen molar-refractivity contribution in [1.29, 1.82) is 0 Å². The molecule has 0 spiro atoms. The zero-order chi connectivity index (χ0) is 15.4. The average molecular weight is 296 g/mol. The van der Waals surface area contributed by atoms with Gasteiger partial charge in [0, 0.05) is 5.57 Å². The van der Waals surface area contributed by atoms with Crippen LogP contribution in [0.25, 0.3) is 0 Å². The van der Waals surface area contributed by atoms with Gasteiger partial charge in [-0.05, 0) is 32.1 Å². The molecule has 6 heteroatoms. The molecule has 0 aromatic rings. The first-order chi connectivity index (χ1) is 9.27. The smallest absolute Gasteiger partial charge is 0.408 e. The highest BCUT2D eigenvalue weighted by molar-refractivity contribution is 5.79. The zero-order valence-corrected chi connectivity index (χ0v) is 11.7. The van der Waals surface area contributed by atoms with Gasteiger partial charge in [0.25, 0.3) is 0 Å². The molecule has 0 bridgehead atoms. The van der Waals surface area contributed by atoms with Crippen LogP contribution in [0.5, 0.6) is 0 Å². The molecule has 1 atom stereocenters. The van der Waals surface area contributed by atoms with E-state index >= 15 is 0 Å². The number of allylic oxidation sites excluding steroid dienone is 2. The van der Waals surface area contributed by atoms with Crippen LogP contribution < -0.4 is 0 Å². The second kappa shape index (κ2) is 6.59. The maximum absolute atomic E-state index is 13.9. The van der Waals surface area contributed by atoms with Crippen LogP contribution >= 0.6 is 0 Å². The zero-order valence-electron chi connectivity index (χ0n) is 11.7. The van der Waals surface area contributed by atoms with Crippen molar-refractivity contribution in [3.8, 4) is 0 Å². The van der Waals surface area contributed by atoms with Crippen LogP contribution in [0, 0.1) is 5.92 Å². The number of hydrogen-bond donors (Lipinski definition) is 0. The second-order valence-electron chi connectivity index (χ2n) is 5.03. The Hall–Kier alpha value is -1.07. The molecule has 0 aliphatic heterocycles. The minimum Gasteiger partial charge on any atom is -0.461 e. The molecule has 0 heterocycles. The van der Waals surface area contributed by atoms with Crippen LogP contribution in [0.2, 0.25) is 0 Å². The molecule has 0 aromatic carbocycles. The lowest BCUT2D eigenvalue weighted by molar-refractivity contribution is -0.216. The molecule has 0 N–H and O–H groups in total. The third-order valence-corrected chi connectivity index (χ3v) is 3.55. The highest BCUT2D eigenvalue weighted by atomic mass is 19.3. The Morgan fingerprint density at radius 3 is 2.45 bits per heavy atom. The van der Waals surface area contributed by atoms with Crippen LogP contribution in [0.1, 0.15) is 46.0 Å². The summed E-state index contributed by atoms with van der Waals surface area (Å²) in [5, 5.41) is 0. The quantitative estimate of drug-likeness (QED) is 0.414. The van der Waals surface area contributed by atoms with Gasteiger partial charge in [0.15, 0.2) is 0 Å². The van der Waals surface area contributed by atoms with Crippen molar-refractivity contribution in [2.45, 2.75) is 57.8 Å². The summed E-state index contributed by atoms with van der Waals surface area (Å²) >= 11 is 0. The summed E-state index contributed by atoms with van der Waals surface area (Å²) in [6.45, 7) is 2.92. The van der Waals surface area contributed by atoms with Gasteiger partial charge in [0.1, 0.15) is 0 Å². The SMILES string of the molecule is CCCC1CC=C(C(F)(F)C(F)(F)C(=O)OCC)CC1. The lowest BCUT2D eigenvalue weighted by Gasteiger charge is -2.30. The number of alkyl halides is 4. The molecule has 2 nitrogen and oxygen atoms in total. The Labute approximate surface area is 116 Å². The van der Waals surface area contributed by atoms with Crippen molar-refractivity contribution in [3.05, 3.63) is 11.6 Å². The Morgan fingerprint density at radius 1 is 1.35 bits per heavy atom. The molecule has 0 amide bonds. The molecular formula is C14H20F4O2. The number of carbonyl (C=O) groups excluding carboxylic acids is 1. The molecule has 0 aromatic heterocycles. The van der Waals surface area contributed by atoms with Crippen LogP contribution in [0.4, 0.5) is 17.6 Å². The highest BCUT2D eigenvalue weighted by Crippen LogP contribution is 2.45. The van der Waals surface area contributed by atoms with E-state index in [0.29, 0.717) is 12.8 Å². The summed E-state index contributed by atoms with van der Waals surface area (Å²) in [5.74, 6) is -11.2. The Balaban J connectivity index is 2.85. The third-order valence-electron chi connectivity index (χ3n) is 3.55. The summed E-state index contributed by atoms with van der Waals surface area (Å²) in [4.78, 5) is 11.0. The Morgan fingerprint density at radius 2 is 2.00 bits per heavy atom. The van der Waals surface area contributed by atoms with Gasteiger partial charge in [-0.15, -0.1) is 0 Å². The number of rotatable bonds is 6. The van der Waals surface area contributed by atoms with Crippen molar-refractivity contribution in [2.75, 3.05) is 6.61 Å². The lowest BCUT2D eigenvalue weighted by atomic mass is 9.83. The van der Waals surface area contributed by atoms with Gasteiger partial charge in [0.2, 0.25) is 0 Å². The van der Waals surface area contributed by atoms with Crippen LogP contribution in [0.15, 0.2) is 11.6 Å². The molecule has 20 heavy (non-hydrogen) atoms. The number of hydrogen-bond acceptors (Lipinski definition) is 2. The fraction of sp³-hybridized carbons (Fsp3) is 0.786. The monoisotopic (exact) mass is 296 g/mol. The summed E-state index contributed by atoms with van der Waals surface area (Å²) in [5.41, 5.74) is -0.650. The molecule has 1 rings (SSSR count). The number of halogens is 4. The maximum Gasteiger partial charge on any atom is 0.408 e. The Kier molecular flexibility index (Phi) is 5.59. The molecule has 0 saturated heterocycles. The molecule has 1 aliphatic carbocycles. The molecule has 116 valence electrons. The average Bonchev–Trinajstić information content (AvgIpc) is 2.39. The first-order valence-corrected chi connectivity index (χ1v) is 6.89. The van der Waals surface area contributed by atoms with E-state index in [1.807, 2.05) is 6.92 Å². The van der Waals surface area contributed by atoms with E-state index in [-0.39, 0.29) is 18.9 Å². The number of esters is 1. The predicted molar refractivity (Wildman–Crippen MR) is 66.9 cm³/mol. The molecule has 1 unspecified atom stereocenters. The van der Waals surface area contributed by atoms with E-state index in [1.165, 1.54) is 6.92 Å². The van der Waals surface area contributed by atoms with Crippen LogP contribution in [-0.4, -0.2) is 24.4 Å². The van der Waals surface area contributed by atoms with Crippen molar-refractivity contribution in [2.24, 2.45) is 5.92 Å². The second-order valence-corrected chi connectivity index (χ2v) is 5.03. The van der Waals surface area contributed by atoms with Crippen molar-refractivity contribution in [1.82, 2.24) is 0 Å². The maximum atomic E-state index is 13.9. The summed E-state index contributed by atoms with van der Waals surface area (Å²) in [6.07, 6.45) is 3.70. The van der Waals surface area contributed by atoms with E-state index in [0.717, 1.165) is 18.9 Å². The van der Waals surface area contributed by atoms with Gasteiger partial charge in [-0.1, -0.05) is 25.8 Å². The van der Waals surface area contributed by atoms with Crippen LogP contribution in [0.3, 0.4) is 0 Å². The molecule has 1 aliphatic rings. The molecule has 0 saturated carbocycles. The number of ether oxygens (including phenoxy) is 1. The fourth-order valence-electron chi connectivity index (χ4n) is 2.40. The molecular weight excluding hydrogens is 276 g/mol. The van der Waals surface area contributed by atoms with Gasteiger partial charge in [-0.3, -0.25) is 0 Å². The molecule has 0 radical (unpaired) electrons. The van der Waals surface area contributed by atoms with E-state index in [1.54, 1.807) is 0 Å². The summed E-state index contributed by atoms with van der Waals surface area (Å²) < 4.78 is 58.8. The van der Waals surface area contributed by atoms with E-state index in [9.17, 15) is 22.4 Å². The van der Waals surface area contributed by atoms with Gasteiger partial charge in [-0.25, -0.2) is 4.79 Å². The summed E-state index contributed by atoms with van der Waals surface area (Å²) in [6, 6.07) is 0. The van der Waals surface area contributed by atoms with Gasteiger partial charge in [-0.2, -0.15) is 17.6 Å². The van der Waals surface area contributed by atoms with E-state index in [2.05, 4.69) is 4.74 Å². The van der Waals surface area contributed by atoms with Crippen molar-refractivity contribution >= 4 is 5.97 Å². The third kappa shape index (κ3) is 3.33. The number of carbonyl (C=O) groups is 1. The first-order valence-electron chi connectivity index (χ1n) is 6.89. The summed E-state index contributed by atoms with van der Waals surface area (Å²) in [7, 11) is 0. The minimum atomic E-state index is -4.81. The largest absolute Gasteiger partial charge is 0.461 e. The Bertz CT molecular complexity index is 377. The predicted octanol–water partition coefficient (Wildman–Crippen LogP) is 4.35. The standard InChI is InChI=1S/C14H20F4O2/c1-3-5-10-6-8-11(9-7-10)13(15,16)14(17,18)12(19)20-4-2/h8,10H,3-7,9H2,1-2H3. The van der Waals surface area contributed by atoms with Crippen molar-refractivity contribution in [3.63, 3.8) is 0 Å². The van der Waals surface area contributed by atoms with E-state index < -0.39 is 23.4 Å². The fourth-order valence-corrected chi connectivity index (χ4v) is 2.40. The van der Waals surface area contributed by atoms with E-state index in [4.69, 9.17) is 0 Å². The van der Waals surface area contributed by atoms with Gasteiger partial charge >= 0.3 is 17.8 Å². The molecule has 0 fully saturated rings. The lowest BCUT2D eigenvalue weighted by Crippen LogP contribution is -2.49. The minimum absolute atomic E-state index is 0.105.